The average molecular weight is 324 g/mol. The highest BCUT2D eigenvalue weighted by molar-refractivity contribution is 7.46. The summed E-state index contributed by atoms with van der Waals surface area (Å²) in [6.45, 7) is 5.56. The molecule has 0 heterocycles. The second-order valence-electron chi connectivity index (χ2n) is 4.13. The molecule has 21 heavy (non-hydrogen) atoms. The molecule has 0 bridgehead atoms. The molecule has 2 amide bonds. The molecule has 10 heteroatoms. The summed E-state index contributed by atoms with van der Waals surface area (Å²) in [5.74, 6) is -0.468. The van der Waals surface area contributed by atoms with Crippen molar-refractivity contribution in [3.05, 3.63) is 12.2 Å². The molecule has 0 radical (unpaired) electrons. The monoisotopic (exact) mass is 324 g/mol. The third-order valence-corrected chi connectivity index (χ3v) is 2.57. The Morgan fingerprint density at radius 3 is 2.14 bits per heavy atom. The van der Waals surface area contributed by atoms with E-state index in [4.69, 9.17) is 14.5 Å². The quantitative estimate of drug-likeness (QED) is 0.196. The van der Waals surface area contributed by atoms with Crippen LogP contribution in [0.4, 0.5) is 4.79 Å². The van der Waals surface area contributed by atoms with Crippen LogP contribution in [0.15, 0.2) is 12.2 Å². The first-order chi connectivity index (χ1) is 9.72. The topological polar surface area (TPSA) is 134 Å². The molecule has 0 saturated heterocycles. The lowest BCUT2D eigenvalue weighted by Crippen LogP contribution is -2.37. The van der Waals surface area contributed by atoms with Gasteiger partial charge in [-0.15, -0.1) is 0 Å². The fourth-order valence-electron chi connectivity index (χ4n) is 1.08. The Kier molecular flexibility index (Phi) is 9.64. The van der Waals surface area contributed by atoms with Crippen LogP contribution < -0.4 is 10.6 Å². The van der Waals surface area contributed by atoms with Crippen molar-refractivity contribution < 1.29 is 33.2 Å². The summed E-state index contributed by atoms with van der Waals surface area (Å²) < 4.78 is 19.4. The van der Waals surface area contributed by atoms with E-state index in [0.29, 0.717) is 18.5 Å². The number of urea groups is 1. The van der Waals surface area contributed by atoms with Crippen molar-refractivity contribution in [2.24, 2.45) is 0 Å². The summed E-state index contributed by atoms with van der Waals surface area (Å²) in [4.78, 5) is 39.1. The van der Waals surface area contributed by atoms with E-state index in [1.54, 1.807) is 6.92 Å². The number of rotatable bonds is 10. The van der Waals surface area contributed by atoms with Crippen LogP contribution >= 0.6 is 7.82 Å². The van der Waals surface area contributed by atoms with Crippen LogP contribution in [0.5, 0.6) is 0 Å². The molecule has 0 saturated carbocycles. The molecule has 0 spiro atoms. The van der Waals surface area contributed by atoms with Crippen LogP contribution in [0.3, 0.4) is 0 Å². The van der Waals surface area contributed by atoms with E-state index in [2.05, 4.69) is 21.7 Å². The first-order valence-electron chi connectivity index (χ1n) is 6.27. The average Bonchev–Trinajstić information content (AvgIpc) is 2.36. The minimum Gasteiger partial charge on any atom is -0.462 e. The van der Waals surface area contributed by atoms with Crippen molar-refractivity contribution in [2.75, 3.05) is 26.3 Å². The number of amides is 2. The van der Waals surface area contributed by atoms with E-state index in [1.165, 1.54) is 0 Å². The van der Waals surface area contributed by atoms with Gasteiger partial charge in [-0.2, -0.15) is 0 Å². The molecule has 0 aromatic heterocycles. The van der Waals surface area contributed by atoms with Gasteiger partial charge in [-0.05, 0) is 19.8 Å². The number of phosphoric ester groups is 1. The molecule has 9 nitrogen and oxygen atoms in total. The van der Waals surface area contributed by atoms with Crippen molar-refractivity contribution in [3.63, 3.8) is 0 Å². The molecular weight excluding hydrogens is 303 g/mol. The highest BCUT2D eigenvalue weighted by Gasteiger charge is 2.12. The van der Waals surface area contributed by atoms with Gasteiger partial charge in [-0.25, -0.2) is 14.2 Å². The predicted molar refractivity (Wildman–Crippen MR) is 74.4 cm³/mol. The fourth-order valence-corrected chi connectivity index (χ4v) is 1.45. The number of hydrogen-bond donors (Lipinski definition) is 4. The van der Waals surface area contributed by atoms with E-state index < -0.39 is 19.8 Å². The van der Waals surface area contributed by atoms with Gasteiger partial charge in [-0.3, -0.25) is 4.52 Å². The van der Waals surface area contributed by atoms with Crippen molar-refractivity contribution in [1.29, 1.82) is 0 Å². The minimum atomic E-state index is -4.45. The van der Waals surface area contributed by atoms with Gasteiger partial charge in [0, 0.05) is 18.7 Å². The summed E-state index contributed by atoms with van der Waals surface area (Å²) in [6.07, 6.45) is 0.739. The van der Waals surface area contributed by atoms with Gasteiger partial charge in [0.15, 0.2) is 0 Å². The first-order valence-corrected chi connectivity index (χ1v) is 7.80. The maximum absolute atomic E-state index is 11.3. The van der Waals surface area contributed by atoms with E-state index in [-0.39, 0.29) is 26.2 Å². The largest absolute Gasteiger partial charge is 0.469 e. The SMILES string of the molecule is C=C(C)C(=O)OCCCNC(=O)NCCCOP(=O)(O)O. The predicted octanol–water partition coefficient (Wildman–Crippen LogP) is 0.294. The van der Waals surface area contributed by atoms with Gasteiger partial charge in [-0.1, -0.05) is 6.58 Å². The second kappa shape index (κ2) is 10.3. The van der Waals surface area contributed by atoms with Gasteiger partial charge in [0.2, 0.25) is 0 Å². The fraction of sp³-hybridized carbons (Fsp3) is 0.636. The van der Waals surface area contributed by atoms with Gasteiger partial charge >= 0.3 is 19.8 Å². The Labute approximate surface area is 122 Å². The zero-order chi connectivity index (χ0) is 16.3. The number of phosphoric acid groups is 1. The van der Waals surface area contributed by atoms with Crippen molar-refractivity contribution >= 4 is 19.8 Å². The highest BCUT2D eigenvalue weighted by atomic mass is 31.2. The van der Waals surface area contributed by atoms with Crippen molar-refractivity contribution in [1.82, 2.24) is 10.6 Å². The lowest BCUT2D eigenvalue weighted by molar-refractivity contribution is -0.138. The van der Waals surface area contributed by atoms with Crippen molar-refractivity contribution in [3.8, 4) is 0 Å². The number of carbonyl (C=O) groups excluding carboxylic acids is 2. The van der Waals surface area contributed by atoms with Crippen molar-refractivity contribution in [2.45, 2.75) is 19.8 Å². The second-order valence-corrected chi connectivity index (χ2v) is 5.37. The highest BCUT2D eigenvalue weighted by Crippen LogP contribution is 2.35. The molecule has 0 aliphatic heterocycles. The zero-order valence-corrected chi connectivity index (χ0v) is 12.7. The lowest BCUT2D eigenvalue weighted by Gasteiger charge is -2.08. The summed E-state index contributed by atoms with van der Waals surface area (Å²) in [5, 5.41) is 5.02. The lowest BCUT2D eigenvalue weighted by atomic mass is 10.3. The van der Waals surface area contributed by atoms with Crippen LogP contribution in [0.2, 0.25) is 0 Å². The summed E-state index contributed by atoms with van der Waals surface area (Å²) >= 11 is 0. The van der Waals surface area contributed by atoms with Gasteiger partial charge in [0.25, 0.3) is 0 Å². The number of carbonyl (C=O) groups is 2. The van der Waals surface area contributed by atoms with E-state index in [9.17, 15) is 14.2 Å². The molecule has 0 rings (SSSR count). The van der Waals surface area contributed by atoms with E-state index >= 15 is 0 Å². The van der Waals surface area contributed by atoms with Crippen LogP contribution in [0.25, 0.3) is 0 Å². The smallest absolute Gasteiger partial charge is 0.462 e. The Morgan fingerprint density at radius 1 is 1.14 bits per heavy atom. The Bertz CT molecular complexity index is 407. The molecule has 0 aromatic rings. The van der Waals surface area contributed by atoms with Crippen LogP contribution in [0.1, 0.15) is 19.8 Å². The van der Waals surface area contributed by atoms with Gasteiger partial charge in [0.1, 0.15) is 0 Å². The minimum absolute atomic E-state index is 0.151. The molecule has 0 unspecified atom stereocenters. The molecule has 0 aliphatic rings. The maximum atomic E-state index is 11.3. The third kappa shape index (κ3) is 13.3. The number of hydrogen-bond acceptors (Lipinski definition) is 5. The third-order valence-electron chi connectivity index (χ3n) is 2.05. The summed E-state index contributed by atoms with van der Waals surface area (Å²) in [5.41, 5.74) is 0.318. The molecule has 4 N–H and O–H groups in total. The molecule has 0 fully saturated rings. The first kappa shape index (κ1) is 19.6. The van der Waals surface area contributed by atoms with Gasteiger partial charge in [0.05, 0.1) is 13.2 Å². The van der Waals surface area contributed by atoms with Crippen LogP contribution in [0, 0.1) is 0 Å². The number of ether oxygens (including phenoxy) is 1. The normalized spacial score (nSPS) is 10.8. The Balaban J connectivity index is 3.45. The van der Waals surface area contributed by atoms with Crippen LogP contribution in [-0.2, 0) is 18.6 Å². The molecule has 0 aliphatic carbocycles. The van der Waals surface area contributed by atoms with E-state index in [0.717, 1.165) is 0 Å². The number of esters is 1. The number of nitrogens with one attached hydrogen (secondary N) is 2. The summed E-state index contributed by atoms with van der Waals surface area (Å²) in [6, 6.07) is -0.419. The zero-order valence-electron chi connectivity index (χ0n) is 11.8. The molecule has 122 valence electrons. The van der Waals surface area contributed by atoms with Crippen LogP contribution in [-0.4, -0.2) is 48.1 Å². The Hall–Kier alpha value is -1.41. The summed E-state index contributed by atoms with van der Waals surface area (Å²) in [7, 11) is -4.45. The molecule has 0 aromatic carbocycles. The Morgan fingerprint density at radius 2 is 1.67 bits per heavy atom. The molecular formula is C11H21N2O7P. The maximum Gasteiger partial charge on any atom is 0.469 e. The molecule has 0 atom stereocenters. The van der Waals surface area contributed by atoms with E-state index in [1.807, 2.05) is 0 Å². The van der Waals surface area contributed by atoms with Gasteiger partial charge < -0.3 is 25.2 Å². The standard InChI is InChI=1S/C11H21N2O7P/c1-9(2)10(14)19-7-3-5-12-11(15)13-6-4-8-20-21(16,17)18/h1,3-8H2,2H3,(H2,12,13,15)(H2,16,17,18).